The van der Waals surface area contributed by atoms with E-state index in [1.165, 1.54) is 43.7 Å². The van der Waals surface area contributed by atoms with Crippen molar-refractivity contribution in [2.24, 2.45) is 5.92 Å². The summed E-state index contributed by atoms with van der Waals surface area (Å²) in [6, 6.07) is -0.536. The molecule has 0 N–H and O–H groups in total. The molecule has 0 aromatic heterocycles. The molecule has 1 atom stereocenters. The molecule has 0 radical (unpaired) electrons. The van der Waals surface area contributed by atoms with E-state index in [4.69, 9.17) is 0 Å². The molecular formula is C20H31NO3. The van der Waals surface area contributed by atoms with Crippen molar-refractivity contribution in [3.63, 3.8) is 0 Å². The van der Waals surface area contributed by atoms with E-state index in [-0.39, 0.29) is 29.0 Å². The van der Waals surface area contributed by atoms with Crippen LogP contribution in [0.4, 0.5) is 0 Å². The SMILES string of the molecule is CCCCCCC/C=C/C(=O)N1C=C(C(C)=O)C(=O)C1CC(C)C. The number of carbonyl (C=O) groups is 3. The predicted octanol–water partition coefficient (Wildman–Crippen LogP) is 4.20. The minimum absolute atomic E-state index is 0.141. The average molecular weight is 333 g/mol. The Kier molecular flexibility index (Phi) is 8.66. The summed E-state index contributed by atoms with van der Waals surface area (Å²) >= 11 is 0. The molecule has 0 fully saturated rings. The molecule has 1 aliphatic heterocycles. The van der Waals surface area contributed by atoms with Crippen molar-refractivity contribution in [3.8, 4) is 0 Å². The number of hydrogen-bond acceptors (Lipinski definition) is 3. The van der Waals surface area contributed by atoms with Crippen LogP contribution in [0.5, 0.6) is 0 Å². The molecule has 0 aromatic carbocycles. The number of rotatable bonds is 10. The summed E-state index contributed by atoms with van der Waals surface area (Å²) in [6.07, 6.45) is 12.3. The lowest BCUT2D eigenvalue weighted by Crippen LogP contribution is -2.37. The molecule has 1 rings (SSSR count). The van der Waals surface area contributed by atoms with Gasteiger partial charge < -0.3 is 4.90 Å². The highest BCUT2D eigenvalue weighted by Crippen LogP contribution is 2.24. The number of unbranched alkanes of at least 4 members (excludes halogenated alkanes) is 5. The minimum atomic E-state index is -0.536. The summed E-state index contributed by atoms with van der Waals surface area (Å²) in [4.78, 5) is 37.8. The standard InChI is InChI=1S/C20H31NO3/c1-5-6-7-8-9-10-11-12-19(23)21-14-17(16(4)22)20(24)18(21)13-15(2)3/h11-12,14-15,18H,5-10,13H2,1-4H3/b12-11+. The van der Waals surface area contributed by atoms with Crippen molar-refractivity contribution < 1.29 is 14.4 Å². The lowest BCUT2D eigenvalue weighted by atomic mass is 9.97. The second kappa shape index (κ2) is 10.2. The fraction of sp³-hybridized carbons (Fsp3) is 0.650. The van der Waals surface area contributed by atoms with Gasteiger partial charge in [-0.25, -0.2) is 0 Å². The van der Waals surface area contributed by atoms with Gasteiger partial charge in [0.1, 0.15) is 6.04 Å². The van der Waals surface area contributed by atoms with Gasteiger partial charge in [-0.3, -0.25) is 14.4 Å². The highest BCUT2D eigenvalue weighted by molar-refractivity contribution is 6.23. The summed E-state index contributed by atoms with van der Waals surface area (Å²) < 4.78 is 0. The maximum absolute atomic E-state index is 12.4. The molecule has 134 valence electrons. The third-order valence-corrected chi connectivity index (χ3v) is 4.24. The molecule has 0 aromatic rings. The normalized spacial score (nSPS) is 17.9. The van der Waals surface area contributed by atoms with Gasteiger partial charge in [0, 0.05) is 6.20 Å². The molecule has 1 amide bonds. The van der Waals surface area contributed by atoms with Crippen LogP contribution in [0.2, 0.25) is 0 Å². The van der Waals surface area contributed by atoms with E-state index >= 15 is 0 Å². The second-order valence-electron chi connectivity index (χ2n) is 6.96. The van der Waals surface area contributed by atoms with Gasteiger partial charge in [0.25, 0.3) is 5.91 Å². The number of hydrogen-bond donors (Lipinski definition) is 0. The van der Waals surface area contributed by atoms with Crippen LogP contribution in [0.25, 0.3) is 0 Å². The largest absolute Gasteiger partial charge is 0.304 e. The van der Waals surface area contributed by atoms with E-state index in [1.807, 2.05) is 19.9 Å². The molecule has 4 nitrogen and oxygen atoms in total. The summed E-state index contributed by atoms with van der Waals surface area (Å²) in [7, 11) is 0. The third kappa shape index (κ3) is 6.06. The van der Waals surface area contributed by atoms with Crippen molar-refractivity contribution in [1.82, 2.24) is 4.90 Å². The van der Waals surface area contributed by atoms with Crippen LogP contribution < -0.4 is 0 Å². The molecule has 0 spiro atoms. The van der Waals surface area contributed by atoms with Crippen LogP contribution in [-0.2, 0) is 14.4 Å². The van der Waals surface area contributed by atoms with Crippen molar-refractivity contribution in [1.29, 1.82) is 0 Å². The molecular weight excluding hydrogens is 302 g/mol. The maximum Gasteiger partial charge on any atom is 0.250 e. The van der Waals surface area contributed by atoms with Gasteiger partial charge in [-0.2, -0.15) is 0 Å². The lowest BCUT2D eigenvalue weighted by Gasteiger charge is -2.22. The van der Waals surface area contributed by atoms with E-state index < -0.39 is 6.04 Å². The second-order valence-corrected chi connectivity index (χ2v) is 6.96. The van der Waals surface area contributed by atoms with Gasteiger partial charge in [0.2, 0.25) is 0 Å². The van der Waals surface area contributed by atoms with Crippen LogP contribution >= 0.6 is 0 Å². The first-order chi connectivity index (χ1) is 11.4. The first-order valence-electron chi connectivity index (χ1n) is 9.14. The molecule has 0 bridgehead atoms. The van der Waals surface area contributed by atoms with Crippen LogP contribution in [0.1, 0.15) is 72.6 Å². The van der Waals surface area contributed by atoms with E-state index in [2.05, 4.69) is 6.92 Å². The number of carbonyl (C=O) groups excluding carboxylic acids is 3. The van der Waals surface area contributed by atoms with Gasteiger partial charge >= 0.3 is 0 Å². The Morgan fingerprint density at radius 2 is 1.88 bits per heavy atom. The van der Waals surface area contributed by atoms with Gasteiger partial charge in [0.15, 0.2) is 11.6 Å². The van der Waals surface area contributed by atoms with Crippen molar-refractivity contribution >= 4 is 17.5 Å². The van der Waals surface area contributed by atoms with Crippen LogP contribution in [0.3, 0.4) is 0 Å². The van der Waals surface area contributed by atoms with E-state index in [9.17, 15) is 14.4 Å². The van der Waals surface area contributed by atoms with Crippen LogP contribution in [0, 0.1) is 5.92 Å². The van der Waals surface area contributed by atoms with Crippen LogP contribution in [-0.4, -0.2) is 28.4 Å². The summed E-state index contributed by atoms with van der Waals surface area (Å²) in [5, 5.41) is 0. The monoisotopic (exact) mass is 333 g/mol. The lowest BCUT2D eigenvalue weighted by molar-refractivity contribution is -0.130. The fourth-order valence-corrected chi connectivity index (χ4v) is 2.88. The van der Waals surface area contributed by atoms with Gasteiger partial charge in [-0.1, -0.05) is 52.5 Å². The molecule has 0 aliphatic carbocycles. The average Bonchev–Trinajstić information content (AvgIpc) is 2.83. The van der Waals surface area contributed by atoms with E-state index in [1.54, 1.807) is 6.08 Å². The van der Waals surface area contributed by atoms with Crippen molar-refractivity contribution in [2.45, 2.75) is 78.7 Å². The molecule has 1 aliphatic rings. The smallest absolute Gasteiger partial charge is 0.250 e. The van der Waals surface area contributed by atoms with Gasteiger partial charge in [-0.15, -0.1) is 0 Å². The topological polar surface area (TPSA) is 54.5 Å². The molecule has 24 heavy (non-hydrogen) atoms. The minimum Gasteiger partial charge on any atom is -0.304 e. The number of Topliss-reactive ketones (excluding diaryl/α,β-unsaturated/α-hetero) is 2. The maximum atomic E-state index is 12.4. The number of amides is 1. The quantitative estimate of drug-likeness (QED) is 0.342. The Balaban J connectivity index is 2.64. The molecule has 0 saturated heterocycles. The molecule has 4 heteroatoms. The van der Waals surface area contributed by atoms with E-state index in [0.717, 1.165) is 12.8 Å². The number of allylic oxidation sites excluding steroid dienone is 1. The Bertz CT molecular complexity index is 517. The zero-order chi connectivity index (χ0) is 18.1. The summed E-state index contributed by atoms with van der Waals surface area (Å²) in [5.74, 6) is -0.434. The fourth-order valence-electron chi connectivity index (χ4n) is 2.88. The zero-order valence-corrected chi connectivity index (χ0v) is 15.5. The predicted molar refractivity (Wildman–Crippen MR) is 96.4 cm³/mol. The molecule has 1 heterocycles. The summed E-state index contributed by atoms with van der Waals surface area (Å²) in [5.41, 5.74) is 0.141. The highest BCUT2D eigenvalue weighted by Gasteiger charge is 2.37. The Hall–Kier alpha value is -1.71. The third-order valence-electron chi connectivity index (χ3n) is 4.24. The first-order valence-corrected chi connectivity index (χ1v) is 9.14. The van der Waals surface area contributed by atoms with Gasteiger partial charge in [0.05, 0.1) is 5.57 Å². The zero-order valence-electron chi connectivity index (χ0n) is 15.5. The van der Waals surface area contributed by atoms with Gasteiger partial charge in [-0.05, 0) is 38.2 Å². The summed E-state index contributed by atoms with van der Waals surface area (Å²) in [6.45, 7) is 7.57. The first kappa shape index (κ1) is 20.3. The van der Waals surface area contributed by atoms with Crippen molar-refractivity contribution in [2.75, 3.05) is 0 Å². The van der Waals surface area contributed by atoms with Crippen LogP contribution in [0.15, 0.2) is 23.9 Å². The van der Waals surface area contributed by atoms with E-state index in [0.29, 0.717) is 6.42 Å². The van der Waals surface area contributed by atoms with Crippen molar-refractivity contribution in [3.05, 3.63) is 23.9 Å². The molecule has 0 saturated carbocycles. The highest BCUT2D eigenvalue weighted by atomic mass is 16.2. The Labute approximate surface area is 146 Å². The Morgan fingerprint density at radius 1 is 1.21 bits per heavy atom. The number of ketones is 2. The Morgan fingerprint density at radius 3 is 2.46 bits per heavy atom. The number of nitrogens with zero attached hydrogens (tertiary/aromatic N) is 1. The molecule has 1 unspecified atom stereocenters.